The van der Waals surface area contributed by atoms with Crippen molar-refractivity contribution in [2.24, 2.45) is 23.7 Å². The standard InChI is InChI=1S/2C17H22.C13H20.4C4H10.C2H6.2CH4/c2*1-11(2)16-10-14-8-6-7-9-15(14)17(12(3)4)13(16)5;1-9(2)12-7-6-8-13(10(3)4)11(12)5;4*1-4(2)3;1-2;;/h2*6-12H,1-5H3;6-10H,1-5H3;4*4H,1-3H3;1-2H3;2*1H4. The van der Waals surface area contributed by atoms with E-state index in [2.05, 4.69) is 266 Å². The van der Waals surface area contributed by atoms with E-state index in [9.17, 15) is 0 Å². The fourth-order valence-electron chi connectivity index (χ4n) is 7.61. The number of benzene rings is 5. The number of fused-ring (bicyclic) bond motifs is 2. The molecule has 5 rings (SSSR count). The Labute approximate surface area is 423 Å². The Morgan fingerprint density at radius 2 is 0.493 bits per heavy atom. The lowest BCUT2D eigenvalue weighted by Crippen LogP contribution is -2.00. The normalized spacial score (nSPS) is 10.4. The van der Waals surface area contributed by atoms with Crippen LogP contribution >= 0.6 is 0 Å². The van der Waals surface area contributed by atoms with Gasteiger partial charge in [0.1, 0.15) is 0 Å². The van der Waals surface area contributed by atoms with E-state index in [1.807, 2.05) is 13.8 Å². The van der Waals surface area contributed by atoms with Crippen LogP contribution in [-0.4, -0.2) is 0 Å². The summed E-state index contributed by atoms with van der Waals surface area (Å²) in [7, 11) is 0. The molecule has 0 atom stereocenters. The second-order valence-corrected chi connectivity index (χ2v) is 22.4. The first kappa shape index (κ1) is 72.6. The van der Waals surface area contributed by atoms with E-state index in [1.165, 1.54) is 71.6 Å². The Morgan fingerprint density at radius 1 is 0.269 bits per heavy atom. The summed E-state index contributed by atoms with van der Waals surface area (Å²) in [5.41, 5.74) is 13.4. The minimum Gasteiger partial charge on any atom is -0.0776 e. The summed E-state index contributed by atoms with van der Waals surface area (Å²) in [6.45, 7) is 64.1. The summed E-state index contributed by atoms with van der Waals surface area (Å²) in [4.78, 5) is 0. The van der Waals surface area contributed by atoms with Crippen LogP contribution in [0.2, 0.25) is 0 Å². The molecule has 5 aromatic rings. The van der Waals surface area contributed by atoms with Crippen LogP contribution in [0.15, 0.2) is 78.9 Å². The molecule has 0 aliphatic heterocycles. The molecule has 0 spiro atoms. The third-order valence-electron chi connectivity index (χ3n) is 9.86. The van der Waals surface area contributed by atoms with Crippen molar-refractivity contribution in [3.8, 4) is 0 Å². The molecule has 0 aliphatic carbocycles. The third kappa shape index (κ3) is 29.3. The monoisotopic (exact) mass is 923 g/mol. The van der Waals surface area contributed by atoms with Gasteiger partial charge in [0.05, 0.1) is 0 Å². The van der Waals surface area contributed by atoms with Crippen LogP contribution in [0.3, 0.4) is 0 Å². The fourth-order valence-corrected chi connectivity index (χ4v) is 7.61. The van der Waals surface area contributed by atoms with Gasteiger partial charge in [-0.2, -0.15) is 0 Å². The summed E-state index contributed by atoms with van der Waals surface area (Å²) >= 11 is 0. The van der Waals surface area contributed by atoms with Crippen molar-refractivity contribution in [3.05, 3.63) is 129 Å². The van der Waals surface area contributed by atoms with Gasteiger partial charge in [-0.3, -0.25) is 0 Å². The van der Waals surface area contributed by atoms with Gasteiger partial charge in [-0.05, 0) is 152 Å². The third-order valence-corrected chi connectivity index (χ3v) is 9.86. The maximum Gasteiger partial charge on any atom is -0.0146 e. The molecule has 386 valence electrons. The maximum absolute atomic E-state index is 2.36. The van der Waals surface area contributed by atoms with E-state index >= 15 is 0 Å². The molecule has 0 fully saturated rings. The molecule has 0 heterocycles. The zero-order valence-electron chi connectivity index (χ0n) is 48.8. The highest BCUT2D eigenvalue weighted by atomic mass is 14.2. The highest BCUT2D eigenvalue weighted by Gasteiger charge is 2.16. The molecule has 0 unspecified atom stereocenters. The Morgan fingerprint density at radius 3 is 0.701 bits per heavy atom. The van der Waals surface area contributed by atoms with Gasteiger partial charge in [0.2, 0.25) is 0 Å². The second-order valence-electron chi connectivity index (χ2n) is 22.4. The van der Waals surface area contributed by atoms with E-state index in [0.717, 1.165) is 23.7 Å². The number of hydrogen-bond acceptors (Lipinski definition) is 0. The SMILES string of the molecule is C.C.CC.CC(C)C.CC(C)C.CC(C)C.CC(C)C.Cc1c(C(C)C)cc2ccccc2c1C(C)C.Cc1c(C(C)C)cc2ccccc2c1C(C)C.Cc1c(C(C)C)cccc1C(C)C. The summed E-state index contributed by atoms with van der Waals surface area (Å²) < 4.78 is 0. The molecule has 0 bridgehead atoms. The molecule has 0 saturated carbocycles. The van der Waals surface area contributed by atoms with Crippen molar-refractivity contribution in [1.82, 2.24) is 0 Å². The Bertz CT molecular complexity index is 1790. The van der Waals surface area contributed by atoms with E-state index in [-0.39, 0.29) is 14.9 Å². The minimum atomic E-state index is 0. The largest absolute Gasteiger partial charge is 0.0776 e. The van der Waals surface area contributed by atoms with Crippen LogP contribution in [0, 0.1) is 44.4 Å². The van der Waals surface area contributed by atoms with Crippen molar-refractivity contribution in [3.63, 3.8) is 0 Å². The summed E-state index contributed by atoms with van der Waals surface area (Å²) in [6.07, 6.45) is 0. The average Bonchev–Trinajstić information content (AvgIpc) is 3.17. The molecular weight excluding hydrogens is 805 g/mol. The van der Waals surface area contributed by atoms with Crippen LogP contribution in [-0.2, 0) is 0 Å². The van der Waals surface area contributed by atoms with Gasteiger partial charge in [0.15, 0.2) is 0 Å². The number of hydrogen-bond donors (Lipinski definition) is 0. The maximum atomic E-state index is 2.36. The average molecular weight is 924 g/mol. The van der Waals surface area contributed by atoms with Gasteiger partial charge < -0.3 is 0 Å². The van der Waals surface area contributed by atoms with Gasteiger partial charge in [-0.25, -0.2) is 0 Å². The zero-order valence-corrected chi connectivity index (χ0v) is 48.8. The molecule has 0 heteroatoms. The molecule has 0 amide bonds. The van der Waals surface area contributed by atoms with E-state index < -0.39 is 0 Å². The molecule has 0 radical (unpaired) electrons. The van der Waals surface area contributed by atoms with Gasteiger partial charge in [-0.1, -0.05) is 274 Å². The van der Waals surface area contributed by atoms with Crippen molar-refractivity contribution >= 4 is 21.5 Å². The quantitative estimate of drug-likeness (QED) is 0.159. The summed E-state index contributed by atoms with van der Waals surface area (Å²) in [5, 5.41) is 5.60. The molecule has 0 nitrogen and oxygen atoms in total. The highest BCUT2D eigenvalue weighted by Crippen LogP contribution is 2.35. The summed E-state index contributed by atoms with van der Waals surface area (Å²) in [6, 6.07) is 28.9. The van der Waals surface area contributed by atoms with Crippen LogP contribution in [0.25, 0.3) is 21.5 Å². The first-order chi connectivity index (χ1) is 30.0. The predicted molar refractivity (Wildman–Crippen MR) is 320 cm³/mol. The first-order valence-electron chi connectivity index (χ1n) is 26.1. The molecule has 0 saturated heterocycles. The lowest BCUT2D eigenvalue weighted by Gasteiger charge is -2.20. The first-order valence-corrected chi connectivity index (χ1v) is 26.1. The van der Waals surface area contributed by atoms with Crippen molar-refractivity contribution in [1.29, 1.82) is 0 Å². The Hall–Kier alpha value is -3.38. The zero-order chi connectivity index (χ0) is 51.5. The number of rotatable bonds is 6. The lowest BCUT2D eigenvalue weighted by molar-refractivity contribution is 0.736. The molecule has 0 aromatic heterocycles. The van der Waals surface area contributed by atoms with Crippen LogP contribution in [0.5, 0.6) is 0 Å². The molecule has 0 aliphatic rings. The Balaban J connectivity index is -0.000000241. The highest BCUT2D eigenvalue weighted by molar-refractivity contribution is 5.89. The lowest BCUT2D eigenvalue weighted by atomic mass is 9.85. The van der Waals surface area contributed by atoms with Gasteiger partial charge in [0.25, 0.3) is 0 Å². The van der Waals surface area contributed by atoms with Crippen LogP contribution in [0.4, 0.5) is 0 Å². The molecule has 0 N–H and O–H groups in total. The molecule has 5 aromatic carbocycles. The van der Waals surface area contributed by atoms with Gasteiger partial charge >= 0.3 is 0 Å². The molecular formula is C67H118. The van der Waals surface area contributed by atoms with Crippen LogP contribution < -0.4 is 0 Å². The van der Waals surface area contributed by atoms with Crippen molar-refractivity contribution < 1.29 is 0 Å². The topological polar surface area (TPSA) is 0 Å². The van der Waals surface area contributed by atoms with Gasteiger partial charge in [-0.15, -0.1) is 0 Å². The van der Waals surface area contributed by atoms with Gasteiger partial charge in [0, 0.05) is 0 Å². The second kappa shape index (κ2) is 38.5. The molecule has 67 heavy (non-hydrogen) atoms. The van der Waals surface area contributed by atoms with Crippen LogP contribution in [0.1, 0.15) is 280 Å². The minimum absolute atomic E-state index is 0. The predicted octanol–water partition coefficient (Wildman–Crippen LogP) is 24.0. The van der Waals surface area contributed by atoms with Crippen molar-refractivity contribution in [2.75, 3.05) is 0 Å². The Kier molecular flexibility index (Phi) is 41.7. The fraction of sp³-hybridized carbons (Fsp3) is 0.612. The van der Waals surface area contributed by atoms with Crippen molar-refractivity contribution in [2.45, 2.75) is 251 Å². The van der Waals surface area contributed by atoms with E-state index in [0.29, 0.717) is 35.5 Å². The smallest absolute Gasteiger partial charge is 0.0146 e. The summed E-state index contributed by atoms with van der Waals surface area (Å²) in [5.74, 6) is 6.96. The van der Waals surface area contributed by atoms with E-state index in [4.69, 9.17) is 0 Å². The van der Waals surface area contributed by atoms with E-state index in [1.54, 1.807) is 0 Å².